The fourth-order valence-corrected chi connectivity index (χ4v) is 2.49. The lowest BCUT2D eigenvalue weighted by molar-refractivity contribution is 0.544. The van der Waals surface area contributed by atoms with E-state index in [2.05, 4.69) is 45.6 Å². The number of nitrogens with two attached hydrogens (primary N) is 1. The largest absolute Gasteiger partial charge is 0.271 e. The highest BCUT2D eigenvalue weighted by Crippen LogP contribution is 2.23. The van der Waals surface area contributed by atoms with Gasteiger partial charge in [-0.25, -0.2) is 4.39 Å². The average Bonchev–Trinajstić information content (AvgIpc) is 2.37. The molecule has 2 nitrogen and oxygen atoms in total. The van der Waals surface area contributed by atoms with Crippen molar-refractivity contribution in [3.8, 4) is 0 Å². The molecule has 2 rings (SSSR count). The zero-order valence-electron chi connectivity index (χ0n) is 10.7. The first-order valence-electron chi connectivity index (χ1n) is 6.06. The fourth-order valence-electron chi connectivity index (χ4n) is 2.01. The van der Waals surface area contributed by atoms with Crippen LogP contribution in [0.15, 0.2) is 46.9 Å². The summed E-state index contributed by atoms with van der Waals surface area (Å²) in [5.74, 6) is 5.33. The van der Waals surface area contributed by atoms with E-state index in [-0.39, 0.29) is 11.9 Å². The van der Waals surface area contributed by atoms with Gasteiger partial charge in [-0.1, -0.05) is 45.8 Å². The second kappa shape index (κ2) is 6.28. The van der Waals surface area contributed by atoms with E-state index in [1.807, 2.05) is 13.0 Å². The molecule has 4 heteroatoms. The molecule has 0 aliphatic heterocycles. The van der Waals surface area contributed by atoms with Crippen molar-refractivity contribution >= 4 is 15.9 Å². The molecule has 3 N–H and O–H groups in total. The Kier molecular flexibility index (Phi) is 4.69. The van der Waals surface area contributed by atoms with E-state index in [1.54, 1.807) is 0 Å². The second-order valence-corrected chi connectivity index (χ2v) is 5.53. The van der Waals surface area contributed by atoms with Gasteiger partial charge in [-0.15, -0.1) is 0 Å². The quantitative estimate of drug-likeness (QED) is 0.666. The van der Waals surface area contributed by atoms with Crippen molar-refractivity contribution in [2.75, 3.05) is 0 Å². The van der Waals surface area contributed by atoms with Gasteiger partial charge in [0.25, 0.3) is 0 Å². The summed E-state index contributed by atoms with van der Waals surface area (Å²) in [7, 11) is 0. The van der Waals surface area contributed by atoms with Crippen LogP contribution in [0.3, 0.4) is 0 Å². The highest BCUT2D eigenvalue weighted by molar-refractivity contribution is 9.10. The summed E-state index contributed by atoms with van der Waals surface area (Å²) < 4.78 is 14.1. The normalized spacial score (nSPS) is 12.4. The van der Waals surface area contributed by atoms with Gasteiger partial charge in [0.2, 0.25) is 0 Å². The standard InChI is InChI=1S/C15H16BrFN2/c1-10-2-4-11(5-3-10)6-15(19-18)12-7-13(16)9-14(17)8-12/h2-5,7-9,15,19H,6,18H2,1H3. The number of aryl methyl sites for hydroxylation is 1. The first-order valence-corrected chi connectivity index (χ1v) is 6.85. The van der Waals surface area contributed by atoms with Crippen molar-refractivity contribution in [3.63, 3.8) is 0 Å². The first kappa shape index (κ1) is 14.2. The Bertz CT molecular complexity index is 534. The monoisotopic (exact) mass is 322 g/mol. The van der Waals surface area contributed by atoms with Gasteiger partial charge in [0.05, 0.1) is 6.04 Å². The van der Waals surface area contributed by atoms with Crippen molar-refractivity contribution in [3.05, 3.63) is 69.4 Å². The molecule has 0 saturated carbocycles. The predicted octanol–water partition coefficient (Wildman–Crippen LogP) is 3.64. The van der Waals surface area contributed by atoms with Gasteiger partial charge in [0.1, 0.15) is 5.82 Å². The summed E-state index contributed by atoms with van der Waals surface area (Å²) >= 11 is 3.30. The summed E-state index contributed by atoms with van der Waals surface area (Å²) in [6.07, 6.45) is 0.715. The molecule has 0 aliphatic rings. The van der Waals surface area contributed by atoms with Crippen LogP contribution in [0.1, 0.15) is 22.7 Å². The molecule has 0 aromatic heterocycles. The van der Waals surface area contributed by atoms with Crippen LogP contribution < -0.4 is 11.3 Å². The summed E-state index contributed by atoms with van der Waals surface area (Å²) in [6, 6.07) is 12.9. The predicted molar refractivity (Wildman–Crippen MR) is 79.0 cm³/mol. The zero-order valence-corrected chi connectivity index (χ0v) is 12.2. The first-order chi connectivity index (χ1) is 9.08. The molecule has 1 unspecified atom stereocenters. The minimum atomic E-state index is -0.270. The lowest BCUT2D eigenvalue weighted by Gasteiger charge is -2.17. The van der Waals surface area contributed by atoms with Gasteiger partial charge in [0.15, 0.2) is 0 Å². The van der Waals surface area contributed by atoms with Gasteiger partial charge in [-0.3, -0.25) is 11.3 Å². The van der Waals surface area contributed by atoms with E-state index in [4.69, 9.17) is 5.84 Å². The lowest BCUT2D eigenvalue weighted by Crippen LogP contribution is -2.29. The van der Waals surface area contributed by atoms with Gasteiger partial charge in [-0.05, 0) is 42.7 Å². The van der Waals surface area contributed by atoms with Crippen molar-refractivity contribution in [2.24, 2.45) is 5.84 Å². The number of rotatable bonds is 4. The second-order valence-electron chi connectivity index (χ2n) is 4.61. The number of hydrogen-bond acceptors (Lipinski definition) is 2. The minimum absolute atomic E-state index is 0.116. The summed E-state index contributed by atoms with van der Waals surface area (Å²) in [4.78, 5) is 0. The third kappa shape index (κ3) is 3.86. The molecule has 0 heterocycles. The maximum Gasteiger partial charge on any atom is 0.124 e. The maximum atomic E-state index is 13.4. The van der Waals surface area contributed by atoms with E-state index in [0.29, 0.717) is 10.9 Å². The highest BCUT2D eigenvalue weighted by Gasteiger charge is 2.12. The van der Waals surface area contributed by atoms with Gasteiger partial charge >= 0.3 is 0 Å². The number of nitrogens with one attached hydrogen (secondary N) is 1. The number of hydrogen-bond donors (Lipinski definition) is 2. The molecule has 0 amide bonds. The number of halogens is 2. The Morgan fingerprint density at radius 1 is 1.21 bits per heavy atom. The average molecular weight is 323 g/mol. The fraction of sp³-hybridized carbons (Fsp3) is 0.200. The van der Waals surface area contributed by atoms with Crippen molar-refractivity contribution in [1.29, 1.82) is 0 Å². The topological polar surface area (TPSA) is 38.0 Å². The maximum absolute atomic E-state index is 13.4. The molecule has 0 spiro atoms. The number of hydrazine groups is 1. The van der Waals surface area contributed by atoms with Crippen LogP contribution in [-0.4, -0.2) is 0 Å². The summed E-state index contributed by atoms with van der Waals surface area (Å²) in [6.45, 7) is 2.05. The molecule has 0 aliphatic carbocycles. The van der Waals surface area contributed by atoms with Gasteiger partial charge < -0.3 is 0 Å². The van der Waals surface area contributed by atoms with Crippen LogP contribution >= 0.6 is 15.9 Å². The van der Waals surface area contributed by atoms with E-state index in [1.165, 1.54) is 17.7 Å². The lowest BCUT2D eigenvalue weighted by atomic mass is 9.99. The Hall–Kier alpha value is -1.23. The molecule has 100 valence electrons. The SMILES string of the molecule is Cc1ccc(CC(NN)c2cc(F)cc(Br)c2)cc1. The van der Waals surface area contributed by atoms with Crippen LogP contribution in [0.25, 0.3) is 0 Å². The molecule has 0 bridgehead atoms. The van der Waals surface area contributed by atoms with Gasteiger partial charge in [0, 0.05) is 4.47 Å². The van der Waals surface area contributed by atoms with Crippen molar-refractivity contribution in [2.45, 2.75) is 19.4 Å². The Morgan fingerprint density at radius 2 is 1.89 bits per heavy atom. The molecule has 0 radical (unpaired) electrons. The summed E-state index contributed by atoms with van der Waals surface area (Å²) in [5, 5.41) is 0. The van der Waals surface area contributed by atoms with Crippen LogP contribution in [-0.2, 0) is 6.42 Å². The van der Waals surface area contributed by atoms with Crippen LogP contribution in [0.4, 0.5) is 4.39 Å². The molecular formula is C15H16BrFN2. The molecular weight excluding hydrogens is 307 g/mol. The van der Waals surface area contributed by atoms with Gasteiger partial charge in [-0.2, -0.15) is 0 Å². The van der Waals surface area contributed by atoms with E-state index in [0.717, 1.165) is 11.1 Å². The molecule has 2 aromatic carbocycles. The molecule has 1 atom stereocenters. The van der Waals surface area contributed by atoms with Crippen LogP contribution in [0.5, 0.6) is 0 Å². The molecule has 0 saturated heterocycles. The van der Waals surface area contributed by atoms with Crippen molar-refractivity contribution < 1.29 is 4.39 Å². The summed E-state index contributed by atoms with van der Waals surface area (Å²) in [5.41, 5.74) is 5.96. The molecule has 0 fully saturated rings. The number of benzene rings is 2. The smallest absolute Gasteiger partial charge is 0.124 e. The van der Waals surface area contributed by atoms with Crippen molar-refractivity contribution in [1.82, 2.24) is 5.43 Å². The third-order valence-electron chi connectivity index (χ3n) is 3.05. The zero-order chi connectivity index (χ0) is 13.8. The minimum Gasteiger partial charge on any atom is -0.271 e. The molecule has 2 aromatic rings. The van der Waals surface area contributed by atoms with Crippen LogP contribution in [0, 0.1) is 12.7 Å². The molecule has 19 heavy (non-hydrogen) atoms. The highest BCUT2D eigenvalue weighted by atomic mass is 79.9. The Labute approximate surface area is 120 Å². The van der Waals surface area contributed by atoms with E-state index < -0.39 is 0 Å². The Morgan fingerprint density at radius 3 is 2.47 bits per heavy atom. The third-order valence-corrected chi connectivity index (χ3v) is 3.51. The van der Waals surface area contributed by atoms with E-state index >= 15 is 0 Å². The Balaban J connectivity index is 2.22. The van der Waals surface area contributed by atoms with Crippen LogP contribution in [0.2, 0.25) is 0 Å². The van der Waals surface area contributed by atoms with E-state index in [9.17, 15) is 4.39 Å².